The molecule has 0 bridgehead atoms. The third kappa shape index (κ3) is 1.71. The van der Waals surface area contributed by atoms with Crippen molar-refractivity contribution in [3.05, 3.63) is 35.5 Å². The van der Waals surface area contributed by atoms with Gasteiger partial charge < -0.3 is 14.8 Å². The largest absolute Gasteiger partial charge is 0.465 e. The van der Waals surface area contributed by atoms with Gasteiger partial charge in [-0.1, -0.05) is 6.07 Å². The molecule has 0 unspecified atom stereocenters. The highest BCUT2D eigenvalue weighted by atomic mass is 16.5. The quantitative estimate of drug-likeness (QED) is 0.729. The number of esters is 1. The second-order valence-corrected chi connectivity index (χ2v) is 3.25. The summed E-state index contributed by atoms with van der Waals surface area (Å²) in [5.74, 6) is -0.364. The molecule has 2 N–H and O–H groups in total. The van der Waals surface area contributed by atoms with Crippen molar-refractivity contribution in [1.29, 1.82) is 0 Å². The first-order chi connectivity index (χ1) is 7.24. The van der Waals surface area contributed by atoms with Crippen LogP contribution >= 0.6 is 0 Å². The molecule has 0 amide bonds. The molecule has 15 heavy (non-hydrogen) atoms. The van der Waals surface area contributed by atoms with Crippen LogP contribution in [0.5, 0.6) is 0 Å². The van der Waals surface area contributed by atoms with Gasteiger partial charge in [0, 0.05) is 11.2 Å². The van der Waals surface area contributed by atoms with Gasteiger partial charge in [-0.3, -0.25) is 0 Å². The summed E-state index contributed by atoms with van der Waals surface area (Å²) in [6.07, 6.45) is 0. The predicted molar refractivity (Wildman–Crippen MR) is 55.6 cm³/mol. The molecule has 1 heterocycles. The second kappa shape index (κ2) is 3.74. The number of rotatable bonds is 2. The van der Waals surface area contributed by atoms with Crippen molar-refractivity contribution in [2.45, 2.75) is 6.61 Å². The fourth-order valence-electron chi connectivity index (χ4n) is 1.52. The van der Waals surface area contributed by atoms with E-state index in [1.165, 1.54) is 7.11 Å². The Morgan fingerprint density at radius 1 is 1.47 bits per heavy atom. The van der Waals surface area contributed by atoms with E-state index in [1.807, 2.05) is 12.1 Å². The highest BCUT2D eigenvalue weighted by Gasteiger charge is 2.07. The topological polar surface area (TPSA) is 62.3 Å². The van der Waals surface area contributed by atoms with Gasteiger partial charge in [0.15, 0.2) is 0 Å². The van der Waals surface area contributed by atoms with Crippen LogP contribution in [0, 0.1) is 0 Å². The van der Waals surface area contributed by atoms with E-state index >= 15 is 0 Å². The van der Waals surface area contributed by atoms with E-state index in [-0.39, 0.29) is 12.6 Å². The van der Waals surface area contributed by atoms with E-state index in [2.05, 4.69) is 9.72 Å². The number of hydrogen-bond acceptors (Lipinski definition) is 3. The number of methoxy groups -OCH3 is 1. The predicted octanol–water partition coefficient (Wildman–Crippen LogP) is 1.45. The lowest BCUT2D eigenvalue weighted by Gasteiger charge is -1.98. The van der Waals surface area contributed by atoms with Gasteiger partial charge in [0.2, 0.25) is 0 Å². The third-order valence-electron chi connectivity index (χ3n) is 2.27. The third-order valence-corrected chi connectivity index (χ3v) is 2.27. The number of nitrogens with one attached hydrogen (secondary N) is 1. The summed E-state index contributed by atoms with van der Waals surface area (Å²) >= 11 is 0. The SMILES string of the molecule is COC(=O)c1ccc2cc(CO)[nH]c2c1. The van der Waals surface area contributed by atoms with Crippen LogP contribution in [0.1, 0.15) is 16.1 Å². The first-order valence-corrected chi connectivity index (χ1v) is 4.55. The van der Waals surface area contributed by atoms with Gasteiger partial charge in [0.05, 0.1) is 19.3 Å². The maximum atomic E-state index is 11.2. The molecule has 2 aromatic rings. The lowest BCUT2D eigenvalue weighted by molar-refractivity contribution is 0.0601. The van der Waals surface area contributed by atoms with Crippen molar-refractivity contribution in [1.82, 2.24) is 4.98 Å². The molecule has 0 radical (unpaired) electrons. The summed E-state index contributed by atoms with van der Waals surface area (Å²) in [4.78, 5) is 14.3. The Morgan fingerprint density at radius 2 is 2.27 bits per heavy atom. The summed E-state index contributed by atoms with van der Waals surface area (Å²) in [7, 11) is 1.35. The van der Waals surface area contributed by atoms with Crippen LogP contribution in [-0.4, -0.2) is 23.2 Å². The average molecular weight is 205 g/mol. The van der Waals surface area contributed by atoms with Crippen LogP contribution in [0.15, 0.2) is 24.3 Å². The number of aliphatic hydroxyl groups excluding tert-OH is 1. The highest BCUT2D eigenvalue weighted by molar-refractivity contribution is 5.94. The number of H-pyrrole nitrogens is 1. The zero-order valence-electron chi connectivity index (χ0n) is 8.28. The summed E-state index contributed by atoms with van der Waals surface area (Å²) in [6, 6.07) is 7.07. The molecule has 1 aromatic carbocycles. The van der Waals surface area contributed by atoms with Crippen LogP contribution in [0.3, 0.4) is 0 Å². The lowest BCUT2D eigenvalue weighted by Crippen LogP contribution is -2.00. The lowest BCUT2D eigenvalue weighted by atomic mass is 10.1. The number of benzene rings is 1. The number of aliphatic hydroxyl groups is 1. The van der Waals surface area contributed by atoms with Crippen LogP contribution in [0.25, 0.3) is 10.9 Å². The number of ether oxygens (including phenoxy) is 1. The minimum atomic E-state index is -0.364. The minimum Gasteiger partial charge on any atom is -0.465 e. The molecule has 0 spiro atoms. The molecule has 0 aliphatic carbocycles. The summed E-state index contributed by atoms with van der Waals surface area (Å²) in [6.45, 7) is -0.0394. The molecular formula is C11H11NO3. The summed E-state index contributed by atoms with van der Waals surface area (Å²) < 4.78 is 4.62. The van der Waals surface area contributed by atoms with Crippen molar-refractivity contribution in [3.63, 3.8) is 0 Å². The Morgan fingerprint density at radius 3 is 2.93 bits per heavy atom. The number of fused-ring (bicyclic) bond motifs is 1. The molecule has 0 aliphatic heterocycles. The van der Waals surface area contributed by atoms with Crippen LogP contribution in [0.4, 0.5) is 0 Å². The summed E-state index contributed by atoms with van der Waals surface area (Å²) in [5, 5.41) is 9.90. The highest BCUT2D eigenvalue weighted by Crippen LogP contribution is 2.17. The average Bonchev–Trinajstić information content (AvgIpc) is 2.69. The Hall–Kier alpha value is -1.81. The van der Waals surface area contributed by atoms with E-state index in [0.29, 0.717) is 5.56 Å². The van der Waals surface area contributed by atoms with E-state index in [4.69, 9.17) is 5.11 Å². The van der Waals surface area contributed by atoms with E-state index in [0.717, 1.165) is 16.6 Å². The maximum Gasteiger partial charge on any atom is 0.337 e. The smallest absolute Gasteiger partial charge is 0.337 e. The van der Waals surface area contributed by atoms with Gasteiger partial charge in [-0.05, 0) is 23.6 Å². The van der Waals surface area contributed by atoms with Gasteiger partial charge >= 0.3 is 5.97 Å². The molecule has 2 rings (SSSR count). The van der Waals surface area contributed by atoms with Gasteiger partial charge in [-0.15, -0.1) is 0 Å². The van der Waals surface area contributed by atoms with Crippen molar-refractivity contribution < 1.29 is 14.6 Å². The molecule has 1 aromatic heterocycles. The summed E-state index contributed by atoms with van der Waals surface area (Å²) in [5.41, 5.74) is 2.05. The number of hydrogen-bond donors (Lipinski definition) is 2. The van der Waals surface area contributed by atoms with Crippen molar-refractivity contribution in [2.24, 2.45) is 0 Å². The molecule has 0 fully saturated rings. The zero-order chi connectivity index (χ0) is 10.8. The monoisotopic (exact) mass is 205 g/mol. The van der Waals surface area contributed by atoms with Gasteiger partial charge in [0.25, 0.3) is 0 Å². The number of carbonyl (C=O) groups excluding carboxylic acids is 1. The zero-order valence-corrected chi connectivity index (χ0v) is 8.28. The molecule has 4 nitrogen and oxygen atoms in total. The van der Waals surface area contributed by atoms with Crippen molar-refractivity contribution in [3.8, 4) is 0 Å². The van der Waals surface area contributed by atoms with Crippen LogP contribution in [-0.2, 0) is 11.3 Å². The Bertz CT molecular complexity index is 502. The van der Waals surface area contributed by atoms with Crippen molar-refractivity contribution >= 4 is 16.9 Å². The molecule has 0 saturated carbocycles. The fourth-order valence-corrected chi connectivity index (χ4v) is 1.52. The molecule has 78 valence electrons. The standard InChI is InChI=1S/C11H11NO3/c1-15-11(14)8-3-2-7-4-9(6-13)12-10(7)5-8/h2-5,12-13H,6H2,1H3. The molecular weight excluding hydrogens is 194 g/mol. The fraction of sp³-hybridized carbons (Fsp3) is 0.182. The Balaban J connectivity index is 2.50. The van der Waals surface area contributed by atoms with E-state index < -0.39 is 0 Å². The maximum absolute atomic E-state index is 11.2. The number of carbonyl (C=O) groups is 1. The normalized spacial score (nSPS) is 10.5. The Kier molecular flexibility index (Phi) is 2.43. The van der Waals surface area contributed by atoms with Crippen LogP contribution in [0.2, 0.25) is 0 Å². The van der Waals surface area contributed by atoms with E-state index in [1.54, 1.807) is 12.1 Å². The first kappa shape index (κ1) is 9.73. The minimum absolute atomic E-state index is 0.0394. The Labute approximate surface area is 86.5 Å². The van der Waals surface area contributed by atoms with E-state index in [9.17, 15) is 4.79 Å². The molecule has 4 heteroatoms. The van der Waals surface area contributed by atoms with Gasteiger partial charge in [-0.25, -0.2) is 4.79 Å². The second-order valence-electron chi connectivity index (χ2n) is 3.25. The van der Waals surface area contributed by atoms with Gasteiger partial charge in [-0.2, -0.15) is 0 Å². The number of aromatic nitrogens is 1. The van der Waals surface area contributed by atoms with Crippen LogP contribution < -0.4 is 0 Å². The molecule has 0 atom stereocenters. The molecule has 0 saturated heterocycles. The number of aromatic amines is 1. The first-order valence-electron chi connectivity index (χ1n) is 4.55. The van der Waals surface area contributed by atoms with Crippen molar-refractivity contribution in [2.75, 3.05) is 7.11 Å². The molecule has 0 aliphatic rings. The van der Waals surface area contributed by atoms with Gasteiger partial charge in [0.1, 0.15) is 0 Å².